The first-order valence-corrected chi connectivity index (χ1v) is 12.6. The lowest BCUT2D eigenvalue weighted by Gasteiger charge is -2.32. The summed E-state index contributed by atoms with van der Waals surface area (Å²) in [5, 5.41) is 6.85. The van der Waals surface area contributed by atoms with Gasteiger partial charge in [-0.05, 0) is 59.4 Å². The van der Waals surface area contributed by atoms with E-state index in [2.05, 4.69) is 86.5 Å². The first-order valence-electron chi connectivity index (χ1n) is 12.2. The zero-order chi connectivity index (χ0) is 23.6. The number of nitrogens with zero attached hydrogens (tertiary/aromatic N) is 4. The van der Waals surface area contributed by atoms with Gasteiger partial charge in [-0.3, -0.25) is 9.88 Å². The van der Waals surface area contributed by atoms with Crippen molar-refractivity contribution in [1.82, 2.24) is 24.7 Å². The third kappa shape index (κ3) is 4.43. The van der Waals surface area contributed by atoms with E-state index in [1.54, 1.807) is 0 Å². The molecule has 0 amide bonds. The van der Waals surface area contributed by atoms with Crippen molar-refractivity contribution in [3.8, 4) is 5.69 Å². The second kappa shape index (κ2) is 9.77. The minimum Gasteiger partial charge on any atom is -0.379 e. The van der Waals surface area contributed by atoms with Crippen molar-refractivity contribution in [1.29, 1.82) is 0 Å². The smallest absolute Gasteiger partial charge is 0.170 e. The summed E-state index contributed by atoms with van der Waals surface area (Å²) in [5.41, 5.74) is 3.35. The van der Waals surface area contributed by atoms with Crippen LogP contribution >= 0.6 is 12.2 Å². The molecule has 0 aliphatic carbocycles. The maximum atomic E-state index is 5.89. The number of thiocarbonyl (C=S) groups is 1. The van der Waals surface area contributed by atoms with Gasteiger partial charge in [-0.2, -0.15) is 0 Å². The Morgan fingerprint density at radius 3 is 2.57 bits per heavy atom. The van der Waals surface area contributed by atoms with E-state index >= 15 is 0 Å². The second-order valence-electron chi connectivity index (χ2n) is 9.11. The average Bonchev–Trinajstić information content (AvgIpc) is 3.52. The van der Waals surface area contributed by atoms with Gasteiger partial charge in [-0.25, -0.2) is 0 Å². The fourth-order valence-electron chi connectivity index (χ4n) is 5.24. The lowest BCUT2D eigenvalue weighted by Crippen LogP contribution is -2.42. The molecule has 0 spiro atoms. The van der Waals surface area contributed by atoms with E-state index in [0.717, 1.165) is 55.9 Å². The number of morpholine rings is 1. The van der Waals surface area contributed by atoms with Crippen molar-refractivity contribution in [2.75, 3.05) is 39.4 Å². The number of ether oxygens (including phenoxy) is 1. The average molecular weight is 484 g/mol. The predicted octanol–water partition coefficient (Wildman–Crippen LogP) is 4.33. The van der Waals surface area contributed by atoms with Crippen molar-refractivity contribution in [2.45, 2.75) is 12.1 Å². The topological polar surface area (TPSA) is 45.6 Å². The molecule has 2 atom stereocenters. The number of aromatic nitrogens is 2. The molecular weight excluding hydrogens is 454 g/mol. The van der Waals surface area contributed by atoms with Crippen LogP contribution in [0, 0.1) is 0 Å². The first-order chi connectivity index (χ1) is 17.3. The molecule has 0 unspecified atom stereocenters. The van der Waals surface area contributed by atoms with Gasteiger partial charge >= 0.3 is 0 Å². The summed E-state index contributed by atoms with van der Waals surface area (Å²) >= 11 is 5.89. The summed E-state index contributed by atoms with van der Waals surface area (Å²) in [6.45, 7) is 5.34. The molecule has 7 heteroatoms. The van der Waals surface area contributed by atoms with Crippen LogP contribution in [0.25, 0.3) is 16.5 Å². The lowest BCUT2D eigenvalue weighted by atomic mass is 10.0. The molecule has 4 aromatic rings. The van der Waals surface area contributed by atoms with E-state index in [-0.39, 0.29) is 12.1 Å². The maximum Gasteiger partial charge on any atom is 0.170 e. The quantitative estimate of drug-likeness (QED) is 0.412. The number of fused-ring (bicyclic) bond motifs is 1. The molecule has 1 N–H and O–H groups in total. The molecular formula is C28H29N5OS. The Hall–Kier alpha value is -3.26. The van der Waals surface area contributed by atoms with Crippen LogP contribution in [0.3, 0.4) is 0 Å². The van der Waals surface area contributed by atoms with Crippen LogP contribution in [0.2, 0.25) is 0 Å². The summed E-state index contributed by atoms with van der Waals surface area (Å²) in [7, 11) is 0. The molecule has 0 bridgehead atoms. The molecule has 6 rings (SSSR count). The van der Waals surface area contributed by atoms with E-state index in [1.807, 2.05) is 18.3 Å². The highest BCUT2D eigenvalue weighted by atomic mass is 32.1. The highest BCUT2D eigenvalue weighted by Crippen LogP contribution is 2.39. The molecule has 2 fully saturated rings. The van der Waals surface area contributed by atoms with Gasteiger partial charge in [0.05, 0.1) is 31.0 Å². The second-order valence-corrected chi connectivity index (χ2v) is 9.50. The Kier molecular flexibility index (Phi) is 6.21. The lowest BCUT2D eigenvalue weighted by molar-refractivity contribution is 0.0349. The van der Waals surface area contributed by atoms with Crippen molar-refractivity contribution >= 4 is 28.1 Å². The Morgan fingerprint density at radius 2 is 1.74 bits per heavy atom. The van der Waals surface area contributed by atoms with E-state index in [1.165, 1.54) is 16.5 Å². The van der Waals surface area contributed by atoms with Crippen molar-refractivity contribution in [3.63, 3.8) is 0 Å². The molecule has 2 aromatic heterocycles. The van der Waals surface area contributed by atoms with Gasteiger partial charge in [-0.1, -0.05) is 36.4 Å². The first kappa shape index (κ1) is 22.2. The van der Waals surface area contributed by atoms with Gasteiger partial charge in [0, 0.05) is 50.0 Å². The molecule has 2 aliphatic rings. The number of nitrogens with one attached hydrogen (secondary N) is 1. The molecule has 0 saturated carbocycles. The number of hydrogen-bond donors (Lipinski definition) is 1. The maximum absolute atomic E-state index is 5.89. The fourth-order valence-corrected chi connectivity index (χ4v) is 5.57. The van der Waals surface area contributed by atoms with E-state index in [4.69, 9.17) is 21.9 Å². The van der Waals surface area contributed by atoms with E-state index in [9.17, 15) is 0 Å². The predicted molar refractivity (Wildman–Crippen MR) is 143 cm³/mol. The Bertz CT molecular complexity index is 1320. The van der Waals surface area contributed by atoms with Crippen LogP contribution in [-0.4, -0.2) is 63.9 Å². The van der Waals surface area contributed by atoms with E-state index in [0.29, 0.717) is 0 Å². The van der Waals surface area contributed by atoms with Crippen LogP contribution in [0.15, 0.2) is 85.2 Å². The zero-order valence-electron chi connectivity index (χ0n) is 19.6. The monoisotopic (exact) mass is 483 g/mol. The molecule has 2 aromatic carbocycles. The number of hydrogen-bond acceptors (Lipinski definition) is 4. The highest BCUT2D eigenvalue weighted by molar-refractivity contribution is 7.80. The van der Waals surface area contributed by atoms with Crippen molar-refractivity contribution in [3.05, 3.63) is 96.6 Å². The van der Waals surface area contributed by atoms with Crippen LogP contribution in [0.5, 0.6) is 0 Å². The Labute approximate surface area is 211 Å². The third-order valence-electron chi connectivity index (χ3n) is 7.05. The fraction of sp³-hybridized carbons (Fsp3) is 0.286. The minimum absolute atomic E-state index is 0.0255. The Balaban J connectivity index is 1.38. The summed E-state index contributed by atoms with van der Waals surface area (Å²) in [4.78, 5) is 9.50. The van der Waals surface area contributed by atoms with Gasteiger partial charge in [-0.15, -0.1) is 0 Å². The molecule has 4 heterocycles. The van der Waals surface area contributed by atoms with Crippen molar-refractivity contribution < 1.29 is 4.74 Å². The van der Waals surface area contributed by atoms with E-state index < -0.39 is 0 Å². The highest BCUT2D eigenvalue weighted by Gasteiger charge is 2.41. The summed E-state index contributed by atoms with van der Waals surface area (Å²) in [6, 6.07) is 25.6. The molecule has 178 valence electrons. The van der Waals surface area contributed by atoms with Gasteiger partial charge in [0.25, 0.3) is 0 Å². The van der Waals surface area contributed by atoms with Gasteiger partial charge in [0.2, 0.25) is 0 Å². The summed E-state index contributed by atoms with van der Waals surface area (Å²) in [5.74, 6) is 0. The normalized spacial score (nSPS) is 20.9. The standard InChI is InChI=1S/C28H29N5OS/c35-28-30-26(24-8-3-4-12-29-24)27(33(28)15-14-31-16-18-34-19-17-31)25-9-5-13-32(25)23-11-10-21-6-1-2-7-22(21)20-23/h1-13,20,26-27H,14-19H2,(H,30,35)/t26-,27-/m0/s1. The van der Waals surface area contributed by atoms with Crippen LogP contribution in [0.4, 0.5) is 0 Å². The molecule has 2 aliphatic heterocycles. The van der Waals surface area contributed by atoms with Gasteiger partial charge in [0.15, 0.2) is 5.11 Å². The SMILES string of the molecule is S=C1N[C@@H](c2ccccn2)[C@H](c2cccn2-c2ccc3ccccc3c2)N1CCN1CCOCC1. The number of rotatable bonds is 6. The molecule has 35 heavy (non-hydrogen) atoms. The van der Waals surface area contributed by atoms with Crippen LogP contribution in [0.1, 0.15) is 23.5 Å². The number of benzene rings is 2. The largest absolute Gasteiger partial charge is 0.379 e. The Morgan fingerprint density at radius 1 is 0.914 bits per heavy atom. The summed E-state index contributed by atoms with van der Waals surface area (Å²) < 4.78 is 7.83. The minimum atomic E-state index is -0.0255. The number of pyridine rings is 1. The summed E-state index contributed by atoms with van der Waals surface area (Å²) in [6.07, 6.45) is 4.01. The van der Waals surface area contributed by atoms with Crippen molar-refractivity contribution in [2.24, 2.45) is 0 Å². The third-order valence-corrected chi connectivity index (χ3v) is 7.41. The van der Waals surface area contributed by atoms with Gasteiger partial charge in [0.1, 0.15) is 0 Å². The van der Waals surface area contributed by atoms with Gasteiger partial charge < -0.3 is 19.5 Å². The van der Waals surface area contributed by atoms with Crippen LogP contribution < -0.4 is 5.32 Å². The molecule has 2 saturated heterocycles. The van der Waals surface area contributed by atoms with Crippen LogP contribution in [-0.2, 0) is 4.74 Å². The molecule has 0 radical (unpaired) electrons. The zero-order valence-corrected chi connectivity index (χ0v) is 20.4. The molecule has 6 nitrogen and oxygen atoms in total.